The van der Waals surface area contributed by atoms with Crippen LogP contribution in [-0.2, 0) is 9.84 Å². The summed E-state index contributed by atoms with van der Waals surface area (Å²) in [6.07, 6.45) is 13.5. The first kappa shape index (κ1) is 23.2. The van der Waals surface area contributed by atoms with Crippen LogP contribution in [0, 0.1) is 11.8 Å². The van der Waals surface area contributed by atoms with Crippen LogP contribution in [0.15, 0.2) is 4.99 Å². The second-order valence-electron chi connectivity index (χ2n) is 8.72. The van der Waals surface area contributed by atoms with Crippen molar-refractivity contribution in [3.63, 3.8) is 0 Å². The van der Waals surface area contributed by atoms with Gasteiger partial charge in [-0.15, -0.1) is 24.0 Å². The summed E-state index contributed by atoms with van der Waals surface area (Å²) in [5.74, 6) is 2.61. The van der Waals surface area contributed by atoms with Gasteiger partial charge >= 0.3 is 0 Å². The van der Waals surface area contributed by atoms with Gasteiger partial charge in [-0.25, -0.2) is 8.42 Å². The smallest absolute Gasteiger partial charge is 0.191 e. The predicted octanol–water partition coefficient (Wildman–Crippen LogP) is 3.88. The maximum Gasteiger partial charge on any atom is 0.191 e. The molecular formula is C20H38IN3O2S. The SMILES string of the molecule is CCC1CCCC(NC(=NCC2CCS(=O)(=O)C2)NC2CCCCC2)C1.I. The monoisotopic (exact) mass is 511 g/mol. The summed E-state index contributed by atoms with van der Waals surface area (Å²) >= 11 is 0. The van der Waals surface area contributed by atoms with Gasteiger partial charge in [0.05, 0.1) is 11.5 Å². The Balaban J connectivity index is 0.00000261. The molecule has 2 N–H and O–H groups in total. The molecule has 3 aliphatic rings. The lowest BCUT2D eigenvalue weighted by molar-refractivity contribution is 0.296. The average molecular weight is 512 g/mol. The minimum absolute atomic E-state index is 0. The van der Waals surface area contributed by atoms with Crippen LogP contribution in [0.1, 0.15) is 77.6 Å². The molecule has 0 amide bonds. The van der Waals surface area contributed by atoms with Crippen molar-refractivity contribution in [3.05, 3.63) is 0 Å². The zero-order valence-electron chi connectivity index (χ0n) is 16.8. The number of nitrogens with zero attached hydrogens (tertiary/aromatic N) is 1. The largest absolute Gasteiger partial charge is 0.354 e. The molecule has 158 valence electrons. The van der Waals surface area contributed by atoms with Crippen molar-refractivity contribution < 1.29 is 8.42 Å². The van der Waals surface area contributed by atoms with Crippen molar-refractivity contribution in [2.45, 2.75) is 89.6 Å². The van der Waals surface area contributed by atoms with E-state index in [-0.39, 0.29) is 29.9 Å². The first-order valence-electron chi connectivity index (χ1n) is 10.8. The number of hydrogen-bond acceptors (Lipinski definition) is 3. The van der Waals surface area contributed by atoms with E-state index in [1.54, 1.807) is 0 Å². The van der Waals surface area contributed by atoms with Gasteiger partial charge in [0.1, 0.15) is 0 Å². The van der Waals surface area contributed by atoms with Gasteiger partial charge < -0.3 is 10.6 Å². The second-order valence-corrected chi connectivity index (χ2v) is 10.9. The Kier molecular flexibility index (Phi) is 9.65. The lowest BCUT2D eigenvalue weighted by Crippen LogP contribution is -2.49. The maximum absolute atomic E-state index is 11.7. The average Bonchev–Trinajstić information content (AvgIpc) is 3.00. The van der Waals surface area contributed by atoms with Crippen molar-refractivity contribution in [1.29, 1.82) is 0 Å². The Morgan fingerprint density at radius 3 is 2.30 bits per heavy atom. The molecule has 2 saturated carbocycles. The Hall–Kier alpha value is -0.0500. The Morgan fingerprint density at radius 2 is 1.63 bits per heavy atom. The van der Waals surface area contributed by atoms with Crippen LogP contribution in [0.3, 0.4) is 0 Å². The molecule has 3 rings (SSSR count). The van der Waals surface area contributed by atoms with E-state index in [0.717, 1.165) is 18.3 Å². The van der Waals surface area contributed by atoms with Gasteiger partial charge in [0, 0.05) is 18.6 Å². The molecule has 0 aromatic rings. The molecule has 5 nitrogen and oxygen atoms in total. The fourth-order valence-electron chi connectivity index (χ4n) is 4.80. The Bertz CT molecular complexity index is 576. The van der Waals surface area contributed by atoms with Crippen LogP contribution in [0.5, 0.6) is 0 Å². The zero-order valence-corrected chi connectivity index (χ0v) is 19.9. The highest BCUT2D eigenvalue weighted by molar-refractivity contribution is 14.0. The molecule has 0 aromatic carbocycles. The summed E-state index contributed by atoms with van der Waals surface area (Å²) in [5.41, 5.74) is 0. The van der Waals surface area contributed by atoms with E-state index in [0.29, 0.717) is 30.1 Å². The van der Waals surface area contributed by atoms with Crippen LogP contribution >= 0.6 is 24.0 Å². The zero-order chi connectivity index (χ0) is 18.4. The van der Waals surface area contributed by atoms with Crippen LogP contribution in [-0.4, -0.2) is 44.5 Å². The first-order valence-corrected chi connectivity index (χ1v) is 12.6. The lowest BCUT2D eigenvalue weighted by atomic mass is 9.84. The third kappa shape index (κ3) is 7.71. The van der Waals surface area contributed by atoms with E-state index in [2.05, 4.69) is 17.6 Å². The van der Waals surface area contributed by atoms with Crippen molar-refractivity contribution in [2.75, 3.05) is 18.1 Å². The molecule has 3 unspecified atom stereocenters. The van der Waals surface area contributed by atoms with Crippen LogP contribution in [0.2, 0.25) is 0 Å². The van der Waals surface area contributed by atoms with Crippen molar-refractivity contribution >= 4 is 39.8 Å². The van der Waals surface area contributed by atoms with Gasteiger partial charge in [-0.1, -0.05) is 45.4 Å². The highest BCUT2D eigenvalue weighted by atomic mass is 127. The summed E-state index contributed by atoms with van der Waals surface area (Å²) in [7, 11) is -2.82. The Labute approximate surface area is 182 Å². The summed E-state index contributed by atoms with van der Waals surface area (Å²) in [4.78, 5) is 4.84. The number of nitrogens with one attached hydrogen (secondary N) is 2. The molecule has 0 radical (unpaired) electrons. The van der Waals surface area contributed by atoms with Crippen molar-refractivity contribution in [3.8, 4) is 0 Å². The normalized spacial score (nSPS) is 31.9. The molecule has 0 bridgehead atoms. The highest BCUT2D eigenvalue weighted by Gasteiger charge is 2.28. The third-order valence-electron chi connectivity index (χ3n) is 6.48. The van der Waals surface area contributed by atoms with Crippen LogP contribution < -0.4 is 10.6 Å². The van der Waals surface area contributed by atoms with Gasteiger partial charge in [0.25, 0.3) is 0 Å². The summed E-state index contributed by atoms with van der Waals surface area (Å²) in [6.45, 7) is 2.92. The lowest BCUT2D eigenvalue weighted by Gasteiger charge is -2.32. The standard InChI is InChI=1S/C20H37N3O2S.HI/c1-2-16-7-6-10-19(13-16)23-20(22-18-8-4-3-5-9-18)21-14-17-11-12-26(24,25)15-17;/h16-19H,2-15H2,1H3,(H2,21,22,23);1H. The minimum atomic E-state index is -2.82. The van der Waals surface area contributed by atoms with E-state index in [1.807, 2.05) is 0 Å². The summed E-state index contributed by atoms with van der Waals surface area (Å²) < 4.78 is 23.4. The van der Waals surface area contributed by atoms with E-state index < -0.39 is 9.84 Å². The number of sulfone groups is 1. The molecule has 7 heteroatoms. The van der Waals surface area contributed by atoms with Crippen molar-refractivity contribution in [2.24, 2.45) is 16.8 Å². The number of aliphatic imine (C=N–C) groups is 1. The fourth-order valence-corrected chi connectivity index (χ4v) is 6.65. The van der Waals surface area contributed by atoms with E-state index in [1.165, 1.54) is 64.2 Å². The van der Waals surface area contributed by atoms with Crippen LogP contribution in [0.25, 0.3) is 0 Å². The Morgan fingerprint density at radius 1 is 0.926 bits per heavy atom. The second kappa shape index (κ2) is 11.2. The minimum Gasteiger partial charge on any atom is -0.354 e. The predicted molar refractivity (Wildman–Crippen MR) is 124 cm³/mol. The topological polar surface area (TPSA) is 70.6 Å². The summed E-state index contributed by atoms with van der Waals surface area (Å²) in [6, 6.07) is 1.03. The van der Waals surface area contributed by atoms with Gasteiger partial charge in [0.15, 0.2) is 15.8 Å². The van der Waals surface area contributed by atoms with Gasteiger partial charge in [-0.3, -0.25) is 4.99 Å². The molecule has 3 fully saturated rings. The van der Waals surface area contributed by atoms with Crippen LogP contribution in [0.4, 0.5) is 0 Å². The number of halogens is 1. The maximum atomic E-state index is 11.7. The molecule has 2 aliphatic carbocycles. The van der Waals surface area contributed by atoms with E-state index in [4.69, 9.17) is 4.99 Å². The quantitative estimate of drug-likeness (QED) is 0.334. The third-order valence-corrected chi connectivity index (χ3v) is 8.32. The van der Waals surface area contributed by atoms with Gasteiger partial charge in [0.2, 0.25) is 0 Å². The van der Waals surface area contributed by atoms with E-state index in [9.17, 15) is 8.42 Å². The van der Waals surface area contributed by atoms with Gasteiger partial charge in [-0.05, 0) is 43.9 Å². The molecule has 27 heavy (non-hydrogen) atoms. The molecular weight excluding hydrogens is 473 g/mol. The number of guanidine groups is 1. The number of hydrogen-bond donors (Lipinski definition) is 2. The van der Waals surface area contributed by atoms with Crippen molar-refractivity contribution in [1.82, 2.24) is 10.6 Å². The fraction of sp³-hybridized carbons (Fsp3) is 0.950. The van der Waals surface area contributed by atoms with Gasteiger partial charge in [-0.2, -0.15) is 0 Å². The molecule has 3 atom stereocenters. The summed E-state index contributed by atoms with van der Waals surface area (Å²) in [5, 5.41) is 7.37. The molecule has 0 aromatic heterocycles. The first-order chi connectivity index (χ1) is 12.5. The number of rotatable bonds is 5. The molecule has 1 heterocycles. The highest BCUT2D eigenvalue weighted by Crippen LogP contribution is 2.26. The molecule has 1 aliphatic heterocycles. The van der Waals surface area contributed by atoms with E-state index >= 15 is 0 Å². The molecule has 1 saturated heterocycles. The molecule has 0 spiro atoms.